The number of amides is 1. The van der Waals surface area contributed by atoms with E-state index in [1.807, 2.05) is 24.1 Å². The summed E-state index contributed by atoms with van der Waals surface area (Å²) in [7, 11) is 3.49. The normalized spacial score (nSPS) is 10.5. The highest BCUT2D eigenvalue weighted by atomic mass is 79.9. The molecule has 5 heteroatoms. The lowest BCUT2D eigenvalue weighted by atomic mass is 10.2. The molecule has 0 aromatic heterocycles. The number of phenolic OH excluding ortho intramolecular Hbond substituents is 1. The molecule has 1 rings (SSSR count). The molecule has 0 aliphatic heterocycles. The van der Waals surface area contributed by atoms with Crippen molar-refractivity contribution in [3.8, 4) is 5.75 Å². The van der Waals surface area contributed by atoms with Crippen LogP contribution in [0.25, 0.3) is 0 Å². The zero-order valence-electron chi connectivity index (χ0n) is 9.33. The monoisotopic (exact) mass is 286 g/mol. The maximum absolute atomic E-state index is 11.1. The molecule has 1 aromatic rings. The first-order valence-corrected chi connectivity index (χ1v) is 5.68. The first-order valence-electron chi connectivity index (χ1n) is 4.89. The summed E-state index contributed by atoms with van der Waals surface area (Å²) >= 11 is 3.25. The maximum atomic E-state index is 11.1. The largest absolute Gasteiger partial charge is 0.507 e. The van der Waals surface area contributed by atoms with Crippen LogP contribution in [-0.2, 0) is 11.3 Å². The van der Waals surface area contributed by atoms with Crippen LogP contribution in [0.5, 0.6) is 5.75 Å². The molecule has 2 N–H and O–H groups in total. The fourth-order valence-corrected chi connectivity index (χ4v) is 1.77. The van der Waals surface area contributed by atoms with E-state index in [1.165, 1.54) is 0 Å². The summed E-state index contributed by atoms with van der Waals surface area (Å²) in [5.74, 6) is 0.207. The number of aromatic hydroxyl groups is 1. The highest BCUT2D eigenvalue weighted by Gasteiger charge is 2.06. The van der Waals surface area contributed by atoms with Crippen LogP contribution in [0.15, 0.2) is 22.7 Å². The number of rotatable bonds is 4. The second kappa shape index (κ2) is 5.86. The Labute approximate surface area is 103 Å². The Morgan fingerprint density at radius 1 is 1.56 bits per heavy atom. The van der Waals surface area contributed by atoms with Crippen molar-refractivity contribution in [2.75, 3.05) is 20.6 Å². The van der Waals surface area contributed by atoms with Crippen LogP contribution in [0.4, 0.5) is 0 Å². The Hall–Kier alpha value is -1.07. The SMILES string of the molecule is CNC(=O)CN(C)Cc1ccc(O)c(Br)c1. The number of nitrogens with one attached hydrogen (secondary N) is 1. The molecule has 0 fully saturated rings. The topological polar surface area (TPSA) is 52.6 Å². The zero-order valence-corrected chi connectivity index (χ0v) is 10.9. The molecule has 0 saturated heterocycles. The molecular weight excluding hydrogens is 272 g/mol. The van der Waals surface area contributed by atoms with Gasteiger partial charge in [-0.25, -0.2) is 0 Å². The average Bonchev–Trinajstić information content (AvgIpc) is 2.23. The van der Waals surface area contributed by atoms with Gasteiger partial charge in [0.2, 0.25) is 5.91 Å². The Morgan fingerprint density at radius 3 is 2.81 bits per heavy atom. The molecule has 0 aliphatic carbocycles. The van der Waals surface area contributed by atoms with Gasteiger partial charge in [-0.15, -0.1) is 0 Å². The van der Waals surface area contributed by atoms with Crippen molar-refractivity contribution >= 4 is 21.8 Å². The van der Waals surface area contributed by atoms with Crippen LogP contribution in [-0.4, -0.2) is 36.6 Å². The van der Waals surface area contributed by atoms with Gasteiger partial charge >= 0.3 is 0 Å². The van der Waals surface area contributed by atoms with Gasteiger partial charge in [-0.1, -0.05) is 6.07 Å². The predicted octanol–water partition coefficient (Wildman–Crippen LogP) is 1.33. The third-order valence-electron chi connectivity index (χ3n) is 2.16. The number of benzene rings is 1. The second-order valence-corrected chi connectivity index (χ2v) is 4.49. The average molecular weight is 287 g/mol. The van der Waals surface area contributed by atoms with Gasteiger partial charge < -0.3 is 10.4 Å². The van der Waals surface area contributed by atoms with E-state index in [0.717, 1.165) is 5.56 Å². The highest BCUT2D eigenvalue weighted by molar-refractivity contribution is 9.10. The first kappa shape index (κ1) is 13.0. The molecule has 88 valence electrons. The minimum atomic E-state index is -0.0136. The molecule has 0 aliphatic rings. The first-order chi connectivity index (χ1) is 7.52. The highest BCUT2D eigenvalue weighted by Crippen LogP contribution is 2.24. The van der Waals surface area contributed by atoms with Crippen LogP contribution in [0, 0.1) is 0 Å². The van der Waals surface area contributed by atoms with Gasteiger partial charge in [0.1, 0.15) is 5.75 Å². The van der Waals surface area contributed by atoms with Crippen LogP contribution in [0.3, 0.4) is 0 Å². The maximum Gasteiger partial charge on any atom is 0.233 e. The van der Waals surface area contributed by atoms with E-state index in [0.29, 0.717) is 17.6 Å². The number of nitrogens with zero attached hydrogens (tertiary/aromatic N) is 1. The zero-order chi connectivity index (χ0) is 12.1. The third-order valence-corrected chi connectivity index (χ3v) is 2.79. The number of halogens is 1. The minimum absolute atomic E-state index is 0.0136. The van der Waals surface area contributed by atoms with Crippen LogP contribution < -0.4 is 5.32 Å². The van der Waals surface area contributed by atoms with Crippen molar-refractivity contribution in [3.63, 3.8) is 0 Å². The van der Waals surface area contributed by atoms with Crippen LogP contribution in [0.1, 0.15) is 5.56 Å². The fraction of sp³-hybridized carbons (Fsp3) is 0.364. The van der Waals surface area contributed by atoms with Gasteiger partial charge in [0.25, 0.3) is 0 Å². The Morgan fingerprint density at radius 2 is 2.25 bits per heavy atom. The molecule has 0 bridgehead atoms. The van der Waals surface area contributed by atoms with E-state index in [1.54, 1.807) is 13.1 Å². The minimum Gasteiger partial charge on any atom is -0.507 e. The van der Waals surface area contributed by atoms with E-state index in [2.05, 4.69) is 21.2 Å². The lowest BCUT2D eigenvalue weighted by Crippen LogP contribution is -2.32. The van der Waals surface area contributed by atoms with Gasteiger partial charge in [0.15, 0.2) is 0 Å². The van der Waals surface area contributed by atoms with E-state index in [4.69, 9.17) is 0 Å². The van der Waals surface area contributed by atoms with Crippen molar-refractivity contribution in [3.05, 3.63) is 28.2 Å². The summed E-state index contributed by atoms with van der Waals surface area (Å²) in [4.78, 5) is 13.0. The van der Waals surface area contributed by atoms with E-state index < -0.39 is 0 Å². The van der Waals surface area contributed by atoms with E-state index in [-0.39, 0.29) is 11.7 Å². The van der Waals surface area contributed by atoms with Crippen molar-refractivity contribution < 1.29 is 9.90 Å². The van der Waals surface area contributed by atoms with Gasteiger partial charge in [-0.05, 0) is 40.7 Å². The standard InChI is InChI=1S/C11H15BrN2O2/c1-13-11(16)7-14(2)6-8-3-4-10(15)9(12)5-8/h3-5,15H,6-7H2,1-2H3,(H,13,16). The molecular formula is C11H15BrN2O2. The fourth-order valence-electron chi connectivity index (χ4n) is 1.34. The summed E-state index contributed by atoms with van der Waals surface area (Å²) < 4.78 is 0.665. The number of carbonyl (C=O) groups is 1. The van der Waals surface area contributed by atoms with Gasteiger partial charge in [0, 0.05) is 13.6 Å². The van der Waals surface area contributed by atoms with Crippen molar-refractivity contribution in [1.29, 1.82) is 0 Å². The Kier molecular flexibility index (Phi) is 4.76. The summed E-state index contributed by atoms with van der Waals surface area (Å²) in [5.41, 5.74) is 1.04. The molecule has 1 amide bonds. The van der Waals surface area contributed by atoms with Gasteiger partial charge in [-0.2, -0.15) is 0 Å². The number of hydrogen-bond acceptors (Lipinski definition) is 3. The lowest BCUT2D eigenvalue weighted by molar-refractivity contribution is -0.121. The number of carbonyl (C=O) groups excluding carboxylic acids is 1. The number of hydrogen-bond donors (Lipinski definition) is 2. The number of likely N-dealkylation sites (N-methyl/N-ethyl adjacent to an activating group) is 2. The van der Waals surface area contributed by atoms with E-state index >= 15 is 0 Å². The second-order valence-electron chi connectivity index (χ2n) is 3.63. The molecule has 0 atom stereocenters. The van der Waals surface area contributed by atoms with Crippen molar-refractivity contribution in [2.24, 2.45) is 0 Å². The summed E-state index contributed by atoms with van der Waals surface area (Å²) in [6.45, 7) is 1.02. The van der Waals surface area contributed by atoms with Crippen LogP contribution in [0.2, 0.25) is 0 Å². The molecule has 1 aromatic carbocycles. The molecule has 4 nitrogen and oxygen atoms in total. The van der Waals surface area contributed by atoms with E-state index in [9.17, 15) is 9.90 Å². The summed E-state index contributed by atoms with van der Waals surface area (Å²) in [6, 6.07) is 5.31. The van der Waals surface area contributed by atoms with Gasteiger partial charge in [-0.3, -0.25) is 9.69 Å². The summed E-state index contributed by atoms with van der Waals surface area (Å²) in [6.07, 6.45) is 0. The van der Waals surface area contributed by atoms with Crippen LogP contribution >= 0.6 is 15.9 Å². The Balaban J connectivity index is 2.59. The third kappa shape index (κ3) is 3.83. The molecule has 0 heterocycles. The number of phenols is 1. The smallest absolute Gasteiger partial charge is 0.233 e. The molecule has 0 unspecified atom stereocenters. The Bertz CT molecular complexity index is 382. The molecule has 16 heavy (non-hydrogen) atoms. The van der Waals surface area contributed by atoms with Crippen molar-refractivity contribution in [2.45, 2.75) is 6.54 Å². The molecule has 0 radical (unpaired) electrons. The van der Waals surface area contributed by atoms with Crippen molar-refractivity contribution in [1.82, 2.24) is 10.2 Å². The predicted molar refractivity (Wildman–Crippen MR) is 66.2 cm³/mol. The van der Waals surface area contributed by atoms with Gasteiger partial charge in [0.05, 0.1) is 11.0 Å². The molecule has 0 spiro atoms. The summed E-state index contributed by atoms with van der Waals surface area (Å²) in [5, 5.41) is 11.9. The lowest BCUT2D eigenvalue weighted by Gasteiger charge is -2.15. The quantitative estimate of drug-likeness (QED) is 0.878. The molecule has 0 saturated carbocycles.